The van der Waals surface area contributed by atoms with Crippen LogP contribution in [0.15, 0.2) is 72.8 Å². The Labute approximate surface area is 198 Å². The monoisotopic (exact) mass is 469 g/mol. The van der Waals surface area contributed by atoms with Crippen LogP contribution >= 0.6 is 11.6 Å². The van der Waals surface area contributed by atoms with Crippen molar-refractivity contribution in [2.45, 2.75) is 6.10 Å². The van der Waals surface area contributed by atoms with Crippen molar-refractivity contribution in [1.29, 1.82) is 0 Å². The fourth-order valence-electron chi connectivity index (χ4n) is 3.99. The summed E-state index contributed by atoms with van der Waals surface area (Å²) in [6.07, 6.45) is -0.590. The Morgan fingerprint density at radius 2 is 1.55 bits per heavy atom. The third kappa shape index (κ3) is 6.32. The number of rotatable bonds is 8. The Morgan fingerprint density at radius 3 is 2.15 bits per heavy atom. The van der Waals surface area contributed by atoms with Gasteiger partial charge in [-0.2, -0.15) is 0 Å². The smallest absolute Gasteiger partial charge is 0.193 e. The predicted molar refractivity (Wildman–Crippen MR) is 127 cm³/mol. The van der Waals surface area contributed by atoms with Crippen molar-refractivity contribution in [3.05, 3.63) is 94.8 Å². The van der Waals surface area contributed by atoms with Crippen molar-refractivity contribution in [2.24, 2.45) is 0 Å². The maximum Gasteiger partial charge on any atom is 0.193 e. The van der Waals surface area contributed by atoms with Gasteiger partial charge < -0.3 is 19.6 Å². The Bertz CT molecular complexity index is 1050. The second-order valence-electron chi connectivity index (χ2n) is 8.24. The average Bonchev–Trinajstić information content (AvgIpc) is 2.84. The number of aliphatic hydroxyl groups is 1. The fraction of sp³-hybridized carbons (Fsp3) is 0.269. The zero-order valence-corrected chi connectivity index (χ0v) is 19.0. The maximum absolute atomic E-state index is 13.1. The van der Waals surface area contributed by atoms with Crippen LogP contribution in [0, 0.1) is 5.82 Å². The highest BCUT2D eigenvalue weighted by molar-refractivity contribution is 6.30. The number of carbonyl (C=O) groups excluding carboxylic acids is 1. The highest BCUT2D eigenvalue weighted by Crippen LogP contribution is 2.18. The van der Waals surface area contributed by atoms with Gasteiger partial charge in [0.05, 0.1) is 26.2 Å². The number of benzene rings is 3. The lowest BCUT2D eigenvalue weighted by molar-refractivity contribution is -0.903. The first-order valence-electron chi connectivity index (χ1n) is 11.0. The van der Waals surface area contributed by atoms with Crippen LogP contribution < -0.4 is 14.5 Å². The van der Waals surface area contributed by atoms with E-state index >= 15 is 0 Å². The summed E-state index contributed by atoms with van der Waals surface area (Å²) in [6.45, 7) is 4.31. The van der Waals surface area contributed by atoms with Gasteiger partial charge in [0, 0.05) is 21.8 Å². The first-order valence-corrected chi connectivity index (χ1v) is 11.4. The largest absolute Gasteiger partial charge is 0.491 e. The van der Waals surface area contributed by atoms with Crippen LogP contribution in [0.5, 0.6) is 5.75 Å². The van der Waals surface area contributed by atoms with Gasteiger partial charge in [-0.15, -0.1) is 0 Å². The second-order valence-corrected chi connectivity index (χ2v) is 8.68. The van der Waals surface area contributed by atoms with E-state index < -0.39 is 6.10 Å². The lowest BCUT2D eigenvalue weighted by Crippen LogP contribution is -3.16. The van der Waals surface area contributed by atoms with Gasteiger partial charge in [0.25, 0.3) is 0 Å². The number of nitrogens with zero attached hydrogens (tertiary/aromatic N) is 1. The van der Waals surface area contributed by atoms with Crippen molar-refractivity contribution in [3.8, 4) is 5.75 Å². The van der Waals surface area contributed by atoms with E-state index in [9.17, 15) is 14.3 Å². The summed E-state index contributed by atoms with van der Waals surface area (Å²) in [5.74, 6) is 0.299. The number of halogens is 2. The molecular formula is C26H27ClFN2O3+. The number of piperazine rings is 1. The summed E-state index contributed by atoms with van der Waals surface area (Å²) >= 11 is 5.88. The Kier molecular flexibility index (Phi) is 7.60. The van der Waals surface area contributed by atoms with Crippen LogP contribution in [0.2, 0.25) is 5.02 Å². The number of hydrogen-bond donors (Lipinski definition) is 2. The summed E-state index contributed by atoms with van der Waals surface area (Å²) in [5, 5.41) is 11.0. The number of aliphatic hydroxyl groups excluding tert-OH is 1. The van der Waals surface area contributed by atoms with Crippen LogP contribution in [-0.4, -0.2) is 56.3 Å². The average molecular weight is 470 g/mol. The van der Waals surface area contributed by atoms with Crippen LogP contribution in [0.3, 0.4) is 0 Å². The number of ether oxygens (including phenoxy) is 1. The standard InChI is InChI=1S/C26H26ClFN2O3/c27-21-5-1-19(2-6-21)26(32)20-3-11-25(12-4-20)33-18-24(31)17-29-13-15-30(16-14-29)23-9-7-22(28)8-10-23/h1-12,24,31H,13-18H2/p+1/t24-/m0/s1. The van der Waals surface area contributed by atoms with Gasteiger partial charge in [-0.1, -0.05) is 11.6 Å². The number of quaternary nitrogens is 1. The molecule has 1 heterocycles. The maximum atomic E-state index is 13.1. The first kappa shape index (κ1) is 23.2. The molecule has 3 aromatic carbocycles. The molecule has 1 aliphatic heterocycles. The third-order valence-electron chi connectivity index (χ3n) is 5.85. The van der Waals surface area contributed by atoms with E-state index in [0.717, 1.165) is 31.9 Å². The van der Waals surface area contributed by atoms with Crippen molar-refractivity contribution >= 4 is 23.1 Å². The summed E-state index contributed by atoms with van der Waals surface area (Å²) in [5.41, 5.74) is 2.16. The van der Waals surface area contributed by atoms with E-state index in [4.69, 9.17) is 16.3 Å². The quantitative estimate of drug-likeness (QED) is 0.498. The van der Waals surface area contributed by atoms with E-state index in [1.54, 1.807) is 60.7 Å². The number of carbonyl (C=O) groups is 1. The molecule has 0 aliphatic carbocycles. The van der Waals surface area contributed by atoms with Gasteiger partial charge in [0.15, 0.2) is 5.78 Å². The number of hydrogen-bond acceptors (Lipinski definition) is 4. The topological polar surface area (TPSA) is 54.2 Å². The highest BCUT2D eigenvalue weighted by Gasteiger charge is 2.23. The molecule has 1 atom stereocenters. The molecule has 0 bridgehead atoms. The molecule has 0 aromatic heterocycles. The van der Waals surface area contributed by atoms with Gasteiger partial charge in [-0.25, -0.2) is 4.39 Å². The zero-order chi connectivity index (χ0) is 23.2. The molecule has 4 rings (SSSR count). The molecule has 2 N–H and O–H groups in total. The minimum Gasteiger partial charge on any atom is -0.491 e. The normalized spacial score (nSPS) is 15.3. The molecule has 5 nitrogen and oxygen atoms in total. The molecule has 7 heteroatoms. The predicted octanol–water partition coefficient (Wildman–Crippen LogP) is 2.85. The Morgan fingerprint density at radius 1 is 0.970 bits per heavy atom. The lowest BCUT2D eigenvalue weighted by atomic mass is 10.0. The van der Waals surface area contributed by atoms with E-state index in [1.165, 1.54) is 17.0 Å². The second kappa shape index (κ2) is 10.8. The molecular weight excluding hydrogens is 443 g/mol. The van der Waals surface area contributed by atoms with Crippen LogP contribution in [-0.2, 0) is 0 Å². The lowest BCUT2D eigenvalue weighted by Gasteiger charge is -2.34. The van der Waals surface area contributed by atoms with Crippen LogP contribution in [0.4, 0.5) is 10.1 Å². The molecule has 172 valence electrons. The molecule has 0 spiro atoms. The molecule has 33 heavy (non-hydrogen) atoms. The summed E-state index contributed by atoms with van der Waals surface area (Å²) in [7, 11) is 0. The first-order chi connectivity index (χ1) is 16.0. The summed E-state index contributed by atoms with van der Waals surface area (Å²) in [6, 6.07) is 20.3. The van der Waals surface area contributed by atoms with E-state index in [-0.39, 0.29) is 18.2 Å². The van der Waals surface area contributed by atoms with Gasteiger partial charge >= 0.3 is 0 Å². The molecule has 1 fully saturated rings. The molecule has 1 saturated heterocycles. The fourth-order valence-corrected chi connectivity index (χ4v) is 4.12. The minimum absolute atomic E-state index is 0.0818. The van der Waals surface area contributed by atoms with Gasteiger partial charge in [0.2, 0.25) is 0 Å². The van der Waals surface area contributed by atoms with Crippen LogP contribution in [0.1, 0.15) is 15.9 Å². The van der Waals surface area contributed by atoms with Crippen molar-refractivity contribution in [1.82, 2.24) is 0 Å². The summed E-state index contributed by atoms with van der Waals surface area (Å²) < 4.78 is 18.8. The highest BCUT2D eigenvalue weighted by atomic mass is 35.5. The van der Waals surface area contributed by atoms with Crippen molar-refractivity contribution in [2.75, 3.05) is 44.2 Å². The van der Waals surface area contributed by atoms with Crippen molar-refractivity contribution in [3.63, 3.8) is 0 Å². The van der Waals surface area contributed by atoms with Gasteiger partial charge in [-0.05, 0) is 72.8 Å². The number of anilines is 1. The van der Waals surface area contributed by atoms with E-state index in [1.807, 2.05) is 0 Å². The SMILES string of the molecule is O=C(c1ccc(Cl)cc1)c1ccc(OC[C@@H](O)C[NH+]2CCN(c3ccc(F)cc3)CC2)cc1. The van der Waals surface area contributed by atoms with E-state index in [0.29, 0.717) is 28.4 Å². The number of ketones is 1. The molecule has 0 unspecified atom stereocenters. The van der Waals surface area contributed by atoms with Crippen LogP contribution in [0.25, 0.3) is 0 Å². The third-order valence-corrected chi connectivity index (χ3v) is 6.10. The number of nitrogens with one attached hydrogen (secondary N) is 1. The Hall–Kier alpha value is -2.93. The minimum atomic E-state index is -0.590. The molecule has 0 saturated carbocycles. The Balaban J connectivity index is 1.21. The molecule has 1 aliphatic rings. The molecule has 0 amide bonds. The zero-order valence-electron chi connectivity index (χ0n) is 18.2. The molecule has 0 radical (unpaired) electrons. The van der Waals surface area contributed by atoms with Crippen molar-refractivity contribution < 1.29 is 23.9 Å². The van der Waals surface area contributed by atoms with Gasteiger partial charge in [0.1, 0.15) is 30.8 Å². The van der Waals surface area contributed by atoms with E-state index in [2.05, 4.69) is 4.90 Å². The summed E-state index contributed by atoms with van der Waals surface area (Å²) in [4.78, 5) is 16.1. The molecule has 3 aromatic rings. The van der Waals surface area contributed by atoms with Gasteiger partial charge in [-0.3, -0.25) is 4.79 Å².